The van der Waals surface area contributed by atoms with E-state index in [4.69, 9.17) is 17.3 Å². The monoisotopic (exact) mass is 294 g/mol. The minimum absolute atomic E-state index is 0.184. The van der Waals surface area contributed by atoms with Gasteiger partial charge < -0.3 is 11.1 Å². The molecule has 0 aliphatic rings. The fourth-order valence-electron chi connectivity index (χ4n) is 1.52. The van der Waals surface area contributed by atoms with E-state index in [-0.39, 0.29) is 17.9 Å². The van der Waals surface area contributed by atoms with Crippen LogP contribution in [0.1, 0.15) is 13.8 Å². The summed E-state index contributed by atoms with van der Waals surface area (Å²) >= 11 is 6.08. The number of nitrogens with two attached hydrogens (primary N) is 1. The lowest BCUT2D eigenvalue weighted by atomic mass is 10.0. The molecular formula is C12H15ClN6O. The number of benzene rings is 1. The Morgan fingerprint density at radius 3 is 2.80 bits per heavy atom. The van der Waals surface area contributed by atoms with Gasteiger partial charge in [0.25, 0.3) is 0 Å². The number of tetrazole rings is 1. The zero-order valence-electron chi connectivity index (χ0n) is 11.1. The zero-order chi connectivity index (χ0) is 14.7. The molecule has 0 saturated carbocycles. The van der Waals surface area contributed by atoms with Crippen LogP contribution in [0.15, 0.2) is 24.5 Å². The molecule has 0 radical (unpaired) electrons. The van der Waals surface area contributed by atoms with Crippen molar-refractivity contribution in [3.05, 3.63) is 29.5 Å². The van der Waals surface area contributed by atoms with Crippen molar-refractivity contribution in [1.82, 2.24) is 20.2 Å². The normalized spacial score (nSPS) is 13.8. The maximum absolute atomic E-state index is 12.0. The number of rotatable bonds is 4. The van der Waals surface area contributed by atoms with Crippen LogP contribution >= 0.6 is 11.6 Å². The summed E-state index contributed by atoms with van der Waals surface area (Å²) in [7, 11) is 0. The summed E-state index contributed by atoms with van der Waals surface area (Å²) in [4.78, 5) is 12.0. The van der Waals surface area contributed by atoms with Crippen molar-refractivity contribution in [1.29, 1.82) is 0 Å². The van der Waals surface area contributed by atoms with Crippen LogP contribution in [0.5, 0.6) is 0 Å². The van der Waals surface area contributed by atoms with Crippen molar-refractivity contribution < 1.29 is 4.79 Å². The van der Waals surface area contributed by atoms with Gasteiger partial charge in [-0.25, -0.2) is 4.68 Å². The summed E-state index contributed by atoms with van der Waals surface area (Å²) in [6.07, 6.45) is 1.46. The van der Waals surface area contributed by atoms with Gasteiger partial charge in [-0.15, -0.1) is 5.10 Å². The van der Waals surface area contributed by atoms with Crippen LogP contribution in [0, 0.1) is 5.92 Å². The summed E-state index contributed by atoms with van der Waals surface area (Å²) in [6, 6.07) is 4.88. The first kappa shape index (κ1) is 14.4. The van der Waals surface area contributed by atoms with Gasteiger partial charge in [-0.05, 0) is 35.5 Å². The van der Waals surface area contributed by atoms with Gasteiger partial charge in [0.15, 0.2) is 0 Å². The molecule has 0 fully saturated rings. The standard InChI is InChI=1S/C12H15ClN6O/c1-7(8(2)14)12(20)16-11-5-9(3-4-10(11)13)19-6-15-17-18-19/h3-8H,14H2,1-2H3,(H,16,20). The van der Waals surface area contributed by atoms with Crippen molar-refractivity contribution in [3.63, 3.8) is 0 Å². The predicted octanol–water partition coefficient (Wildman–Crippen LogP) is 1.24. The molecule has 0 spiro atoms. The number of carbonyl (C=O) groups is 1. The Morgan fingerprint density at radius 2 is 2.20 bits per heavy atom. The topological polar surface area (TPSA) is 98.7 Å². The maximum Gasteiger partial charge on any atom is 0.228 e. The number of anilines is 1. The quantitative estimate of drug-likeness (QED) is 0.884. The van der Waals surface area contributed by atoms with Gasteiger partial charge in [0.2, 0.25) is 5.91 Å². The number of hydrogen-bond donors (Lipinski definition) is 2. The minimum Gasteiger partial charge on any atom is -0.327 e. The highest BCUT2D eigenvalue weighted by molar-refractivity contribution is 6.33. The molecule has 2 atom stereocenters. The molecule has 1 aromatic carbocycles. The van der Waals surface area contributed by atoms with Crippen LogP contribution < -0.4 is 11.1 Å². The first-order chi connectivity index (χ1) is 9.49. The van der Waals surface area contributed by atoms with Gasteiger partial charge in [-0.1, -0.05) is 18.5 Å². The van der Waals surface area contributed by atoms with Crippen LogP contribution in [0.4, 0.5) is 5.69 Å². The zero-order valence-corrected chi connectivity index (χ0v) is 11.9. The maximum atomic E-state index is 12.0. The average Bonchev–Trinajstić information content (AvgIpc) is 2.94. The molecule has 106 valence electrons. The van der Waals surface area contributed by atoms with E-state index in [1.165, 1.54) is 11.0 Å². The van der Waals surface area contributed by atoms with E-state index in [2.05, 4.69) is 20.8 Å². The van der Waals surface area contributed by atoms with E-state index in [0.29, 0.717) is 16.4 Å². The van der Waals surface area contributed by atoms with Gasteiger partial charge in [-0.3, -0.25) is 4.79 Å². The molecule has 2 unspecified atom stereocenters. The fourth-order valence-corrected chi connectivity index (χ4v) is 1.68. The number of nitrogens with one attached hydrogen (secondary N) is 1. The number of amides is 1. The molecule has 2 aromatic rings. The average molecular weight is 295 g/mol. The van der Waals surface area contributed by atoms with Gasteiger partial charge in [0.1, 0.15) is 6.33 Å². The second-order valence-electron chi connectivity index (χ2n) is 4.56. The van der Waals surface area contributed by atoms with Crippen molar-refractivity contribution in [2.24, 2.45) is 11.7 Å². The van der Waals surface area contributed by atoms with Crippen molar-refractivity contribution in [2.45, 2.75) is 19.9 Å². The van der Waals surface area contributed by atoms with Crippen LogP contribution in [-0.4, -0.2) is 32.2 Å². The molecule has 3 N–H and O–H groups in total. The third-order valence-electron chi connectivity index (χ3n) is 3.02. The number of carbonyl (C=O) groups excluding carboxylic acids is 1. The van der Waals surface area contributed by atoms with Gasteiger partial charge in [-0.2, -0.15) is 0 Å². The van der Waals surface area contributed by atoms with E-state index >= 15 is 0 Å². The summed E-state index contributed by atoms with van der Waals surface area (Å²) in [5, 5.41) is 14.1. The van der Waals surface area contributed by atoms with E-state index in [0.717, 1.165) is 0 Å². The van der Waals surface area contributed by atoms with Crippen molar-refractivity contribution in [2.75, 3.05) is 5.32 Å². The molecule has 0 aliphatic carbocycles. The second-order valence-corrected chi connectivity index (χ2v) is 4.96. The van der Waals surface area contributed by atoms with Crippen LogP contribution in [0.25, 0.3) is 5.69 Å². The van der Waals surface area contributed by atoms with Crippen LogP contribution in [0.2, 0.25) is 5.02 Å². The Kier molecular flexibility index (Phi) is 4.31. The van der Waals surface area contributed by atoms with E-state index in [1.54, 1.807) is 32.0 Å². The second kappa shape index (κ2) is 5.98. The van der Waals surface area contributed by atoms with Gasteiger partial charge in [0.05, 0.1) is 22.3 Å². The summed E-state index contributed by atoms with van der Waals surface area (Å²) in [5.74, 6) is -0.501. The molecule has 0 saturated heterocycles. The summed E-state index contributed by atoms with van der Waals surface area (Å²) in [6.45, 7) is 3.54. The Morgan fingerprint density at radius 1 is 1.45 bits per heavy atom. The Labute approximate surface area is 121 Å². The highest BCUT2D eigenvalue weighted by Gasteiger charge is 2.18. The smallest absolute Gasteiger partial charge is 0.228 e. The Hall–Kier alpha value is -1.99. The molecule has 2 rings (SSSR count). The highest BCUT2D eigenvalue weighted by atomic mass is 35.5. The minimum atomic E-state index is -0.317. The van der Waals surface area contributed by atoms with E-state index < -0.39 is 0 Å². The first-order valence-corrected chi connectivity index (χ1v) is 6.46. The van der Waals surface area contributed by atoms with Crippen LogP contribution in [0.3, 0.4) is 0 Å². The largest absolute Gasteiger partial charge is 0.327 e. The molecule has 0 aliphatic heterocycles. The fraction of sp³-hybridized carbons (Fsp3) is 0.333. The number of hydrogen-bond acceptors (Lipinski definition) is 5. The molecule has 8 heteroatoms. The third-order valence-corrected chi connectivity index (χ3v) is 3.35. The molecule has 1 amide bonds. The lowest BCUT2D eigenvalue weighted by molar-refractivity contribution is -0.119. The lowest BCUT2D eigenvalue weighted by Gasteiger charge is -2.16. The Bertz CT molecular complexity index is 598. The highest BCUT2D eigenvalue weighted by Crippen LogP contribution is 2.25. The van der Waals surface area contributed by atoms with Crippen molar-refractivity contribution in [3.8, 4) is 5.69 Å². The SMILES string of the molecule is CC(N)C(C)C(=O)Nc1cc(-n2cnnn2)ccc1Cl. The van der Waals surface area contributed by atoms with E-state index in [9.17, 15) is 4.79 Å². The number of halogens is 1. The molecule has 7 nitrogen and oxygen atoms in total. The Balaban J connectivity index is 2.24. The number of aromatic nitrogens is 4. The van der Waals surface area contributed by atoms with Gasteiger partial charge in [0, 0.05) is 6.04 Å². The number of nitrogens with zero attached hydrogens (tertiary/aromatic N) is 4. The summed E-state index contributed by atoms with van der Waals surface area (Å²) < 4.78 is 1.47. The molecule has 0 bridgehead atoms. The van der Waals surface area contributed by atoms with Crippen molar-refractivity contribution >= 4 is 23.2 Å². The predicted molar refractivity (Wildman–Crippen MR) is 75.6 cm³/mol. The first-order valence-electron chi connectivity index (χ1n) is 6.08. The van der Waals surface area contributed by atoms with Gasteiger partial charge >= 0.3 is 0 Å². The molecule has 1 heterocycles. The molecule has 20 heavy (non-hydrogen) atoms. The summed E-state index contributed by atoms with van der Waals surface area (Å²) in [5.41, 5.74) is 6.91. The lowest BCUT2D eigenvalue weighted by Crippen LogP contribution is -2.34. The van der Waals surface area contributed by atoms with E-state index in [1.807, 2.05) is 0 Å². The van der Waals surface area contributed by atoms with Crippen LogP contribution in [-0.2, 0) is 4.79 Å². The molecule has 1 aromatic heterocycles. The third kappa shape index (κ3) is 3.12. The molecular weight excluding hydrogens is 280 g/mol.